The summed E-state index contributed by atoms with van der Waals surface area (Å²) in [6.07, 6.45) is 2.74. The van der Waals surface area contributed by atoms with Gasteiger partial charge in [0, 0.05) is 24.4 Å². The molecule has 0 unspecified atom stereocenters. The smallest absolute Gasteiger partial charge is 0.368 e. The molecule has 0 bridgehead atoms. The molecule has 0 fully saturated rings. The van der Waals surface area contributed by atoms with Gasteiger partial charge in [-0.15, -0.1) is 5.92 Å². The van der Waals surface area contributed by atoms with Crippen LogP contribution in [0.1, 0.15) is 30.5 Å². The van der Waals surface area contributed by atoms with Crippen molar-refractivity contribution in [1.29, 1.82) is 0 Å². The van der Waals surface area contributed by atoms with Crippen molar-refractivity contribution in [2.24, 2.45) is 7.05 Å². The Morgan fingerprint density at radius 1 is 1.12 bits per heavy atom. The first-order chi connectivity index (χ1) is 16.0. The summed E-state index contributed by atoms with van der Waals surface area (Å²) < 4.78 is 10.6. The molecule has 4 rings (SSSR count). The van der Waals surface area contributed by atoms with Crippen molar-refractivity contribution in [3.8, 4) is 34.5 Å². The molecular formula is C25H26N6O2. The van der Waals surface area contributed by atoms with Gasteiger partial charge < -0.3 is 4.74 Å². The van der Waals surface area contributed by atoms with Crippen LogP contribution >= 0.6 is 0 Å². The predicted octanol–water partition coefficient (Wildman–Crippen LogP) is 3.30. The maximum Gasteiger partial charge on any atom is 0.368 e. The van der Waals surface area contributed by atoms with E-state index in [0.29, 0.717) is 18.8 Å². The molecule has 0 radical (unpaired) electrons. The third kappa shape index (κ3) is 4.58. The molecule has 0 N–H and O–H groups in total. The van der Waals surface area contributed by atoms with Crippen LogP contribution in [0.3, 0.4) is 0 Å². The summed E-state index contributed by atoms with van der Waals surface area (Å²) in [4.78, 5) is 12.4. The van der Waals surface area contributed by atoms with Gasteiger partial charge in [-0.1, -0.05) is 25.0 Å². The van der Waals surface area contributed by atoms with Gasteiger partial charge in [0.15, 0.2) is 0 Å². The topological polar surface area (TPSA) is 79.8 Å². The zero-order valence-electron chi connectivity index (χ0n) is 19.2. The summed E-state index contributed by atoms with van der Waals surface area (Å²) in [5.41, 5.74) is 5.31. The highest BCUT2D eigenvalue weighted by Crippen LogP contribution is 2.27. The second kappa shape index (κ2) is 9.57. The van der Waals surface area contributed by atoms with Crippen LogP contribution in [0.5, 0.6) is 5.75 Å². The van der Waals surface area contributed by atoms with Gasteiger partial charge >= 0.3 is 5.69 Å². The van der Waals surface area contributed by atoms with Crippen LogP contribution in [0.4, 0.5) is 0 Å². The standard InChI is InChI=1S/C25H26N6O2/c1-5-7-14-30-15-13-22(26-30)20-11-12-24(18(3)16-20)33-17-21-19(6-2)9-8-10-23(21)31-25(32)29(4)27-28-31/h8-13,15-16H,6,14,17H2,1-4H3. The Morgan fingerprint density at radius 2 is 1.97 bits per heavy atom. The van der Waals surface area contributed by atoms with E-state index < -0.39 is 0 Å². The Hall–Kier alpha value is -4.12. The van der Waals surface area contributed by atoms with E-state index in [1.54, 1.807) is 7.05 Å². The second-order valence-electron chi connectivity index (χ2n) is 7.66. The lowest BCUT2D eigenvalue weighted by Crippen LogP contribution is -2.23. The zero-order valence-corrected chi connectivity index (χ0v) is 19.2. The molecule has 8 nitrogen and oxygen atoms in total. The lowest BCUT2D eigenvalue weighted by atomic mass is 10.0. The first-order valence-corrected chi connectivity index (χ1v) is 10.8. The highest BCUT2D eigenvalue weighted by Gasteiger charge is 2.15. The molecule has 8 heteroatoms. The normalized spacial score (nSPS) is 10.7. The Morgan fingerprint density at radius 3 is 2.67 bits per heavy atom. The van der Waals surface area contributed by atoms with Crippen molar-refractivity contribution in [3.63, 3.8) is 0 Å². The molecule has 33 heavy (non-hydrogen) atoms. The van der Waals surface area contributed by atoms with Crippen molar-refractivity contribution >= 4 is 0 Å². The largest absolute Gasteiger partial charge is 0.489 e. The van der Waals surface area contributed by atoms with Crippen LogP contribution in [0, 0.1) is 18.8 Å². The molecule has 168 valence electrons. The number of ether oxygens (including phenoxy) is 1. The van der Waals surface area contributed by atoms with Crippen LogP contribution in [-0.4, -0.2) is 29.6 Å². The first-order valence-electron chi connectivity index (χ1n) is 10.8. The second-order valence-corrected chi connectivity index (χ2v) is 7.66. The average Bonchev–Trinajstić information content (AvgIpc) is 3.43. The highest BCUT2D eigenvalue weighted by molar-refractivity contribution is 5.61. The minimum atomic E-state index is -0.297. The molecule has 4 aromatic rings. The third-order valence-electron chi connectivity index (χ3n) is 5.48. The number of tetrazole rings is 1. The highest BCUT2D eigenvalue weighted by atomic mass is 16.5. The zero-order chi connectivity index (χ0) is 23.4. The average molecular weight is 443 g/mol. The van der Waals surface area contributed by atoms with Crippen molar-refractivity contribution in [1.82, 2.24) is 29.6 Å². The molecule has 0 spiro atoms. The molecule has 0 saturated carbocycles. The quantitative estimate of drug-likeness (QED) is 0.410. The van der Waals surface area contributed by atoms with Crippen LogP contribution in [0.15, 0.2) is 53.5 Å². The number of nitrogens with zero attached hydrogens (tertiary/aromatic N) is 6. The number of aryl methyl sites for hydroxylation is 3. The van der Waals surface area contributed by atoms with Gasteiger partial charge in [-0.05, 0) is 72.2 Å². The van der Waals surface area contributed by atoms with Crippen molar-refractivity contribution in [2.75, 3.05) is 0 Å². The van der Waals surface area contributed by atoms with Gasteiger partial charge in [-0.3, -0.25) is 4.68 Å². The molecule has 0 saturated heterocycles. The lowest BCUT2D eigenvalue weighted by Gasteiger charge is -2.15. The fourth-order valence-electron chi connectivity index (χ4n) is 3.67. The molecule has 0 aliphatic rings. The molecule has 0 aliphatic heterocycles. The SMILES string of the molecule is CC#CCn1ccc(-c2ccc(OCc3c(CC)cccc3-n3nnn(C)c3=O)c(C)c2)n1. The Labute approximate surface area is 192 Å². The van der Waals surface area contributed by atoms with E-state index in [1.807, 2.05) is 61.1 Å². The number of hydrogen-bond donors (Lipinski definition) is 0. The molecule has 0 aliphatic carbocycles. The molecule has 0 amide bonds. The van der Waals surface area contributed by atoms with E-state index >= 15 is 0 Å². The molecule has 2 aromatic heterocycles. The van der Waals surface area contributed by atoms with Gasteiger partial charge in [0.1, 0.15) is 18.9 Å². The van der Waals surface area contributed by atoms with Crippen LogP contribution < -0.4 is 10.4 Å². The minimum Gasteiger partial charge on any atom is -0.489 e. The van der Waals surface area contributed by atoms with Gasteiger partial charge in [0.2, 0.25) is 0 Å². The van der Waals surface area contributed by atoms with Crippen LogP contribution in [-0.2, 0) is 26.6 Å². The van der Waals surface area contributed by atoms with Crippen LogP contribution in [0.2, 0.25) is 0 Å². The summed E-state index contributed by atoms with van der Waals surface area (Å²) in [5, 5.41) is 12.4. The maximum atomic E-state index is 12.4. The Kier molecular flexibility index (Phi) is 6.41. The van der Waals surface area contributed by atoms with E-state index in [2.05, 4.69) is 40.4 Å². The molecule has 2 aromatic carbocycles. The minimum absolute atomic E-state index is 0.297. The van der Waals surface area contributed by atoms with E-state index in [1.165, 1.54) is 9.36 Å². The van der Waals surface area contributed by atoms with E-state index in [-0.39, 0.29) is 5.69 Å². The summed E-state index contributed by atoms with van der Waals surface area (Å²) in [7, 11) is 1.58. The summed E-state index contributed by atoms with van der Waals surface area (Å²) >= 11 is 0. The van der Waals surface area contributed by atoms with Gasteiger partial charge in [0.05, 0.1) is 11.4 Å². The van der Waals surface area contributed by atoms with Gasteiger partial charge in [-0.2, -0.15) is 14.5 Å². The fraction of sp³-hybridized carbons (Fsp3) is 0.280. The number of hydrogen-bond acceptors (Lipinski definition) is 5. The summed E-state index contributed by atoms with van der Waals surface area (Å²) in [6.45, 7) is 6.79. The van der Waals surface area contributed by atoms with Gasteiger partial charge in [0.25, 0.3) is 0 Å². The van der Waals surface area contributed by atoms with E-state index in [0.717, 1.165) is 40.1 Å². The van der Waals surface area contributed by atoms with E-state index in [9.17, 15) is 4.79 Å². The summed E-state index contributed by atoms with van der Waals surface area (Å²) in [5.74, 6) is 6.67. The van der Waals surface area contributed by atoms with Crippen molar-refractivity contribution in [3.05, 3.63) is 75.8 Å². The summed E-state index contributed by atoms with van der Waals surface area (Å²) in [6, 6.07) is 13.8. The Balaban J connectivity index is 1.58. The van der Waals surface area contributed by atoms with Gasteiger partial charge in [-0.25, -0.2) is 4.79 Å². The van der Waals surface area contributed by atoms with Crippen LogP contribution in [0.25, 0.3) is 16.9 Å². The number of aromatic nitrogens is 6. The lowest BCUT2D eigenvalue weighted by molar-refractivity contribution is 0.302. The fourth-order valence-corrected chi connectivity index (χ4v) is 3.67. The third-order valence-corrected chi connectivity index (χ3v) is 5.48. The molecule has 0 atom stereocenters. The van der Waals surface area contributed by atoms with Crippen molar-refractivity contribution in [2.45, 2.75) is 40.3 Å². The Bertz CT molecular complexity index is 1400. The maximum absolute atomic E-state index is 12.4. The number of benzene rings is 2. The predicted molar refractivity (Wildman–Crippen MR) is 126 cm³/mol. The van der Waals surface area contributed by atoms with Crippen molar-refractivity contribution < 1.29 is 4.74 Å². The number of rotatable bonds is 7. The molecule has 2 heterocycles. The van der Waals surface area contributed by atoms with E-state index in [4.69, 9.17) is 4.74 Å². The molecular weight excluding hydrogens is 416 g/mol. The first kappa shape index (κ1) is 22.1. The monoisotopic (exact) mass is 442 g/mol.